The van der Waals surface area contributed by atoms with Gasteiger partial charge in [-0.1, -0.05) is 36.8 Å². The van der Waals surface area contributed by atoms with Gasteiger partial charge in [0, 0.05) is 32.1 Å². The molecule has 0 amide bonds. The molecule has 24 heavy (non-hydrogen) atoms. The highest BCUT2D eigenvalue weighted by atomic mass is 15.2. The molecule has 1 aliphatic heterocycles. The molecule has 1 aromatic carbocycles. The predicted octanol–water partition coefficient (Wildman–Crippen LogP) is 2.62. The summed E-state index contributed by atoms with van der Waals surface area (Å²) < 4.78 is 0. The Morgan fingerprint density at radius 2 is 2.00 bits per heavy atom. The number of nitrogens with one attached hydrogen (secondary N) is 2. The summed E-state index contributed by atoms with van der Waals surface area (Å²) in [7, 11) is 4.09. The Kier molecular flexibility index (Phi) is 5.77. The van der Waals surface area contributed by atoms with Gasteiger partial charge in [-0.3, -0.25) is 4.99 Å². The zero-order chi connectivity index (χ0) is 16.8. The summed E-state index contributed by atoms with van der Waals surface area (Å²) in [6, 6.07) is 11.0. The van der Waals surface area contributed by atoms with E-state index in [0.717, 1.165) is 25.0 Å². The lowest BCUT2D eigenvalue weighted by Crippen LogP contribution is -2.50. The lowest BCUT2D eigenvalue weighted by Gasteiger charge is -2.43. The summed E-state index contributed by atoms with van der Waals surface area (Å²) in [5.74, 6) is 1.68. The molecule has 0 bridgehead atoms. The summed E-state index contributed by atoms with van der Waals surface area (Å²) in [5.41, 5.74) is 1.76. The van der Waals surface area contributed by atoms with Crippen LogP contribution in [0.4, 0.5) is 0 Å². The number of aliphatic imine (C=N–C) groups is 1. The maximum atomic E-state index is 4.43. The second-order valence-corrected chi connectivity index (χ2v) is 7.58. The number of likely N-dealkylation sites (tertiary alicyclic amines) is 1. The van der Waals surface area contributed by atoms with E-state index in [9.17, 15) is 0 Å². The average molecular weight is 329 g/mol. The molecular formula is C20H32N4. The number of rotatable bonds is 5. The SMILES string of the molecule is CN=C(NCC1CCCN(C)C1)NCC1(c2ccccc2)CCC1. The minimum atomic E-state index is 0.296. The molecule has 1 unspecified atom stereocenters. The fraction of sp³-hybridized carbons (Fsp3) is 0.650. The number of benzene rings is 1. The van der Waals surface area contributed by atoms with Crippen LogP contribution in [0.15, 0.2) is 35.3 Å². The maximum absolute atomic E-state index is 4.43. The molecule has 0 spiro atoms. The Balaban J connectivity index is 1.50. The van der Waals surface area contributed by atoms with Crippen molar-refractivity contribution in [1.29, 1.82) is 0 Å². The van der Waals surface area contributed by atoms with Crippen LogP contribution < -0.4 is 10.6 Å². The molecule has 1 aliphatic carbocycles. The van der Waals surface area contributed by atoms with Gasteiger partial charge in [0.15, 0.2) is 5.96 Å². The number of guanidine groups is 1. The van der Waals surface area contributed by atoms with Gasteiger partial charge in [-0.25, -0.2) is 0 Å². The minimum absolute atomic E-state index is 0.296. The van der Waals surface area contributed by atoms with Crippen LogP contribution in [0.25, 0.3) is 0 Å². The van der Waals surface area contributed by atoms with Crippen molar-refractivity contribution in [3.05, 3.63) is 35.9 Å². The van der Waals surface area contributed by atoms with E-state index in [0.29, 0.717) is 5.41 Å². The van der Waals surface area contributed by atoms with Crippen LogP contribution in [0.3, 0.4) is 0 Å². The van der Waals surface area contributed by atoms with Crippen LogP contribution >= 0.6 is 0 Å². The monoisotopic (exact) mass is 328 g/mol. The fourth-order valence-corrected chi connectivity index (χ4v) is 4.12. The number of piperidine rings is 1. The van der Waals surface area contributed by atoms with Gasteiger partial charge in [0.05, 0.1) is 0 Å². The first kappa shape index (κ1) is 17.3. The largest absolute Gasteiger partial charge is 0.356 e. The molecule has 4 nitrogen and oxygen atoms in total. The molecule has 2 N–H and O–H groups in total. The molecule has 0 aromatic heterocycles. The second kappa shape index (κ2) is 8.02. The van der Waals surface area contributed by atoms with Gasteiger partial charge in [0.25, 0.3) is 0 Å². The number of nitrogens with zero attached hydrogens (tertiary/aromatic N) is 2. The first-order valence-electron chi connectivity index (χ1n) is 9.40. The van der Waals surface area contributed by atoms with Crippen LogP contribution in [0, 0.1) is 5.92 Å². The van der Waals surface area contributed by atoms with Crippen molar-refractivity contribution < 1.29 is 0 Å². The lowest BCUT2D eigenvalue weighted by molar-refractivity contribution is 0.210. The smallest absolute Gasteiger partial charge is 0.191 e. The van der Waals surface area contributed by atoms with E-state index < -0.39 is 0 Å². The summed E-state index contributed by atoms with van der Waals surface area (Å²) >= 11 is 0. The first-order valence-corrected chi connectivity index (χ1v) is 9.40. The Hall–Kier alpha value is -1.55. The van der Waals surface area contributed by atoms with Crippen LogP contribution in [0.5, 0.6) is 0 Å². The molecule has 2 aliphatic rings. The maximum Gasteiger partial charge on any atom is 0.191 e. The van der Waals surface area contributed by atoms with E-state index >= 15 is 0 Å². The molecule has 1 atom stereocenters. The van der Waals surface area contributed by atoms with Crippen LogP contribution in [0.1, 0.15) is 37.7 Å². The number of hydrogen-bond acceptors (Lipinski definition) is 2. The molecule has 1 aromatic rings. The molecule has 4 heteroatoms. The zero-order valence-corrected chi connectivity index (χ0v) is 15.2. The van der Waals surface area contributed by atoms with E-state index in [1.165, 1.54) is 50.8 Å². The van der Waals surface area contributed by atoms with Gasteiger partial charge in [-0.05, 0) is 50.8 Å². The highest BCUT2D eigenvalue weighted by molar-refractivity contribution is 5.79. The van der Waals surface area contributed by atoms with Gasteiger partial charge in [-0.15, -0.1) is 0 Å². The van der Waals surface area contributed by atoms with Gasteiger partial charge in [-0.2, -0.15) is 0 Å². The summed E-state index contributed by atoms with van der Waals surface area (Å²) in [6.45, 7) is 4.42. The molecule has 1 heterocycles. The van der Waals surface area contributed by atoms with Crippen molar-refractivity contribution in [2.45, 2.75) is 37.5 Å². The van der Waals surface area contributed by atoms with Gasteiger partial charge in [0.1, 0.15) is 0 Å². The van der Waals surface area contributed by atoms with E-state index in [-0.39, 0.29) is 0 Å². The van der Waals surface area contributed by atoms with Crippen LogP contribution in [0.2, 0.25) is 0 Å². The molecule has 0 radical (unpaired) electrons. The van der Waals surface area contributed by atoms with E-state index in [2.05, 4.69) is 57.9 Å². The lowest BCUT2D eigenvalue weighted by atomic mass is 9.64. The predicted molar refractivity (Wildman–Crippen MR) is 102 cm³/mol. The van der Waals surface area contributed by atoms with Crippen molar-refractivity contribution in [2.75, 3.05) is 40.3 Å². The van der Waals surface area contributed by atoms with Crippen molar-refractivity contribution in [1.82, 2.24) is 15.5 Å². The summed E-state index contributed by atoms with van der Waals surface area (Å²) in [5, 5.41) is 7.13. The molecule has 1 saturated carbocycles. The first-order chi connectivity index (χ1) is 11.7. The Morgan fingerprint density at radius 1 is 1.21 bits per heavy atom. The van der Waals surface area contributed by atoms with Crippen molar-refractivity contribution in [3.63, 3.8) is 0 Å². The highest BCUT2D eigenvalue weighted by Crippen LogP contribution is 2.43. The standard InChI is InChI=1S/C20H32N4/c1-21-19(22-14-17-8-6-13-24(2)15-17)23-16-20(11-7-12-20)18-9-4-3-5-10-18/h3-5,9-10,17H,6-8,11-16H2,1-2H3,(H2,21,22,23). The molecule has 3 rings (SSSR count). The third-order valence-corrected chi connectivity index (χ3v) is 5.79. The summed E-state index contributed by atoms with van der Waals surface area (Å²) in [6.07, 6.45) is 6.51. The molecule has 132 valence electrons. The highest BCUT2D eigenvalue weighted by Gasteiger charge is 2.38. The zero-order valence-electron chi connectivity index (χ0n) is 15.2. The number of hydrogen-bond donors (Lipinski definition) is 2. The van der Waals surface area contributed by atoms with E-state index in [1.54, 1.807) is 0 Å². The quantitative estimate of drug-likeness (QED) is 0.645. The molecule has 1 saturated heterocycles. The van der Waals surface area contributed by atoms with Crippen LogP contribution in [-0.4, -0.2) is 51.1 Å². The fourth-order valence-electron chi connectivity index (χ4n) is 4.12. The second-order valence-electron chi connectivity index (χ2n) is 7.58. The molecule has 2 fully saturated rings. The van der Waals surface area contributed by atoms with Crippen molar-refractivity contribution >= 4 is 5.96 Å². The molecular weight excluding hydrogens is 296 g/mol. The normalized spacial score (nSPS) is 24.2. The van der Waals surface area contributed by atoms with Gasteiger partial charge >= 0.3 is 0 Å². The van der Waals surface area contributed by atoms with E-state index in [1.807, 2.05) is 7.05 Å². The average Bonchev–Trinajstić information content (AvgIpc) is 2.57. The van der Waals surface area contributed by atoms with Crippen molar-refractivity contribution in [2.24, 2.45) is 10.9 Å². The Morgan fingerprint density at radius 3 is 2.62 bits per heavy atom. The van der Waals surface area contributed by atoms with Gasteiger partial charge < -0.3 is 15.5 Å². The third kappa shape index (κ3) is 4.10. The van der Waals surface area contributed by atoms with Crippen LogP contribution in [-0.2, 0) is 5.41 Å². The minimum Gasteiger partial charge on any atom is -0.356 e. The summed E-state index contributed by atoms with van der Waals surface area (Å²) in [4.78, 5) is 6.86. The third-order valence-electron chi connectivity index (χ3n) is 5.79. The van der Waals surface area contributed by atoms with E-state index in [4.69, 9.17) is 0 Å². The Bertz CT molecular complexity index is 536. The topological polar surface area (TPSA) is 39.7 Å². The van der Waals surface area contributed by atoms with Crippen molar-refractivity contribution in [3.8, 4) is 0 Å². The Labute approximate surface area is 146 Å². The van der Waals surface area contributed by atoms with Gasteiger partial charge in [0.2, 0.25) is 0 Å².